The van der Waals surface area contributed by atoms with E-state index in [0.717, 1.165) is 48.2 Å². The summed E-state index contributed by atoms with van der Waals surface area (Å²) in [7, 11) is -3.65. The lowest BCUT2D eigenvalue weighted by molar-refractivity contribution is -0.121. The maximum absolute atomic E-state index is 12.6. The molecule has 1 saturated carbocycles. The Morgan fingerprint density at radius 3 is 2.48 bits per heavy atom. The Kier molecular flexibility index (Phi) is 7.21. The molecule has 1 heterocycles. The minimum Gasteiger partial charge on any atom is -0.354 e. The molecule has 2 aromatic carbocycles. The van der Waals surface area contributed by atoms with Crippen LogP contribution in [-0.4, -0.2) is 62.4 Å². The molecule has 6 nitrogen and oxygen atoms in total. The van der Waals surface area contributed by atoms with Gasteiger partial charge < -0.3 is 5.32 Å². The Hall–Kier alpha value is -1.61. The highest BCUT2D eigenvalue weighted by Crippen LogP contribution is 2.36. The SMILES string of the molecule is O=C(CCNS(=O)(=O)c1ccc2ccccc2c1)NCC1(N2CCSCC2)CCCC1. The lowest BCUT2D eigenvalue weighted by atomic mass is 9.94. The fourth-order valence-electron chi connectivity index (χ4n) is 4.74. The predicted molar refractivity (Wildman–Crippen MR) is 127 cm³/mol. The molecule has 0 atom stereocenters. The van der Waals surface area contributed by atoms with Crippen molar-refractivity contribution in [2.75, 3.05) is 37.7 Å². The van der Waals surface area contributed by atoms with Crippen LogP contribution in [0, 0.1) is 0 Å². The van der Waals surface area contributed by atoms with Crippen LogP contribution in [0.3, 0.4) is 0 Å². The van der Waals surface area contributed by atoms with Crippen molar-refractivity contribution in [1.82, 2.24) is 14.9 Å². The van der Waals surface area contributed by atoms with Crippen molar-refractivity contribution in [3.8, 4) is 0 Å². The molecule has 0 bridgehead atoms. The average molecular weight is 462 g/mol. The zero-order valence-corrected chi connectivity index (χ0v) is 19.4. The number of hydrogen-bond acceptors (Lipinski definition) is 5. The van der Waals surface area contributed by atoms with Crippen molar-refractivity contribution in [3.63, 3.8) is 0 Å². The summed E-state index contributed by atoms with van der Waals surface area (Å²) in [5.74, 6) is 2.22. The van der Waals surface area contributed by atoms with Crippen molar-refractivity contribution in [3.05, 3.63) is 42.5 Å². The third-order valence-corrected chi connectivity index (χ3v) is 8.91. The van der Waals surface area contributed by atoms with Gasteiger partial charge in [0, 0.05) is 49.6 Å². The van der Waals surface area contributed by atoms with Crippen LogP contribution in [0.2, 0.25) is 0 Å². The van der Waals surface area contributed by atoms with E-state index in [0.29, 0.717) is 6.54 Å². The van der Waals surface area contributed by atoms with Crippen molar-refractivity contribution < 1.29 is 13.2 Å². The van der Waals surface area contributed by atoms with E-state index >= 15 is 0 Å². The normalized spacial score (nSPS) is 19.5. The second-order valence-corrected chi connectivity index (χ2v) is 11.5. The summed E-state index contributed by atoms with van der Waals surface area (Å²) in [6.07, 6.45) is 4.83. The molecule has 8 heteroatoms. The first-order valence-corrected chi connectivity index (χ1v) is 13.7. The van der Waals surface area contributed by atoms with Crippen LogP contribution in [0.15, 0.2) is 47.4 Å². The zero-order valence-electron chi connectivity index (χ0n) is 17.8. The molecule has 1 aliphatic carbocycles. The van der Waals surface area contributed by atoms with Crippen molar-refractivity contribution >= 4 is 38.5 Å². The Bertz CT molecular complexity index is 1010. The minimum absolute atomic E-state index is 0.0846. The number of sulfonamides is 1. The standard InChI is InChI=1S/C23H31N3O3S2/c27-22(24-18-23(10-3-4-11-23)26-13-15-30-16-14-26)9-12-25-31(28,29)21-8-7-19-5-1-2-6-20(19)17-21/h1-2,5-8,17,25H,3-4,9-16,18H2,(H,24,27). The summed E-state index contributed by atoms with van der Waals surface area (Å²) in [5, 5.41) is 4.96. The Morgan fingerprint density at radius 1 is 1.03 bits per heavy atom. The van der Waals surface area contributed by atoms with Gasteiger partial charge in [-0.3, -0.25) is 9.69 Å². The van der Waals surface area contributed by atoms with E-state index in [4.69, 9.17) is 0 Å². The van der Waals surface area contributed by atoms with Gasteiger partial charge in [-0.05, 0) is 35.7 Å². The summed E-state index contributed by atoms with van der Waals surface area (Å²) < 4.78 is 27.8. The second kappa shape index (κ2) is 9.90. The van der Waals surface area contributed by atoms with Crippen LogP contribution in [0.25, 0.3) is 10.8 Å². The Labute approximate surface area is 189 Å². The summed E-state index contributed by atoms with van der Waals surface area (Å²) in [6, 6.07) is 12.7. The lowest BCUT2D eigenvalue weighted by Gasteiger charge is -2.43. The van der Waals surface area contributed by atoms with E-state index in [9.17, 15) is 13.2 Å². The highest BCUT2D eigenvalue weighted by Gasteiger charge is 2.40. The molecule has 2 aromatic rings. The van der Waals surface area contributed by atoms with E-state index in [1.54, 1.807) is 18.2 Å². The van der Waals surface area contributed by atoms with Crippen molar-refractivity contribution in [1.29, 1.82) is 0 Å². The molecule has 31 heavy (non-hydrogen) atoms. The molecule has 4 rings (SSSR count). The first-order chi connectivity index (χ1) is 15.0. The molecular formula is C23H31N3O3S2. The Morgan fingerprint density at radius 2 is 1.74 bits per heavy atom. The number of fused-ring (bicyclic) bond motifs is 1. The number of nitrogens with one attached hydrogen (secondary N) is 2. The molecule has 0 unspecified atom stereocenters. The van der Waals surface area contributed by atoms with Crippen LogP contribution >= 0.6 is 11.8 Å². The highest BCUT2D eigenvalue weighted by molar-refractivity contribution is 7.99. The van der Waals surface area contributed by atoms with Crippen LogP contribution in [0.4, 0.5) is 0 Å². The molecule has 2 fully saturated rings. The van der Waals surface area contributed by atoms with Crippen LogP contribution in [-0.2, 0) is 14.8 Å². The fraction of sp³-hybridized carbons (Fsp3) is 0.522. The topological polar surface area (TPSA) is 78.5 Å². The number of thioether (sulfide) groups is 1. The van der Waals surface area contributed by atoms with Gasteiger partial charge in [-0.1, -0.05) is 43.2 Å². The molecule has 1 aliphatic heterocycles. The third kappa shape index (κ3) is 5.42. The Balaban J connectivity index is 1.29. The van der Waals surface area contributed by atoms with Gasteiger partial charge in [-0.2, -0.15) is 11.8 Å². The summed E-state index contributed by atoms with van der Waals surface area (Å²) in [6.45, 7) is 2.93. The predicted octanol–water partition coefficient (Wildman–Crippen LogP) is 2.99. The number of amides is 1. The van der Waals surface area contributed by atoms with E-state index in [-0.39, 0.29) is 29.3 Å². The number of hydrogen-bond donors (Lipinski definition) is 2. The highest BCUT2D eigenvalue weighted by atomic mass is 32.2. The van der Waals surface area contributed by atoms with Gasteiger partial charge >= 0.3 is 0 Å². The molecule has 1 amide bonds. The van der Waals surface area contributed by atoms with Crippen molar-refractivity contribution in [2.24, 2.45) is 0 Å². The van der Waals surface area contributed by atoms with E-state index < -0.39 is 10.0 Å². The second-order valence-electron chi connectivity index (χ2n) is 8.46. The van der Waals surface area contributed by atoms with Crippen LogP contribution in [0.5, 0.6) is 0 Å². The van der Waals surface area contributed by atoms with Gasteiger partial charge in [0.1, 0.15) is 0 Å². The molecule has 0 aromatic heterocycles. The van der Waals surface area contributed by atoms with E-state index in [1.807, 2.05) is 36.0 Å². The van der Waals surface area contributed by atoms with E-state index in [1.165, 1.54) is 12.8 Å². The molecule has 2 N–H and O–H groups in total. The smallest absolute Gasteiger partial charge is 0.240 e. The third-order valence-electron chi connectivity index (χ3n) is 6.51. The number of benzene rings is 2. The summed E-state index contributed by atoms with van der Waals surface area (Å²) in [5.41, 5.74) is 0.0846. The van der Waals surface area contributed by atoms with E-state index in [2.05, 4.69) is 14.9 Å². The summed E-state index contributed by atoms with van der Waals surface area (Å²) >= 11 is 2.00. The van der Waals surface area contributed by atoms with Gasteiger partial charge in [0.15, 0.2) is 0 Å². The quantitative estimate of drug-likeness (QED) is 0.632. The molecule has 2 aliphatic rings. The van der Waals surface area contributed by atoms with Gasteiger partial charge in [-0.15, -0.1) is 0 Å². The molecule has 0 radical (unpaired) electrons. The van der Waals surface area contributed by atoms with Crippen LogP contribution < -0.4 is 10.0 Å². The first kappa shape index (κ1) is 22.6. The summed E-state index contributed by atoms with van der Waals surface area (Å²) in [4.78, 5) is 15.2. The number of nitrogens with zero attached hydrogens (tertiary/aromatic N) is 1. The number of carbonyl (C=O) groups is 1. The molecular weight excluding hydrogens is 430 g/mol. The van der Waals surface area contributed by atoms with Crippen molar-refractivity contribution in [2.45, 2.75) is 42.5 Å². The van der Waals surface area contributed by atoms with Crippen LogP contribution in [0.1, 0.15) is 32.1 Å². The minimum atomic E-state index is -3.65. The lowest BCUT2D eigenvalue weighted by Crippen LogP contribution is -2.56. The number of carbonyl (C=O) groups excluding carboxylic acids is 1. The monoisotopic (exact) mass is 461 g/mol. The first-order valence-electron chi connectivity index (χ1n) is 11.1. The van der Waals surface area contributed by atoms with Gasteiger partial charge in [0.05, 0.1) is 4.90 Å². The van der Waals surface area contributed by atoms with Gasteiger partial charge in [-0.25, -0.2) is 13.1 Å². The molecule has 1 saturated heterocycles. The maximum atomic E-state index is 12.6. The number of rotatable bonds is 8. The average Bonchev–Trinajstić information content (AvgIpc) is 3.28. The van der Waals surface area contributed by atoms with Gasteiger partial charge in [0.2, 0.25) is 15.9 Å². The molecule has 0 spiro atoms. The fourth-order valence-corrected chi connectivity index (χ4v) is 6.71. The maximum Gasteiger partial charge on any atom is 0.240 e. The zero-order chi connectivity index (χ0) is 21.7. The largest absolute Gasteiger partial charge is 0.354 e. The van der Waals surface area contributed by atoms with Gasteiger partial charge in [0.25, 0.3) is 0 Å². The molecule has 168 valence electrons.